The average molecular weight is 169 g/mol. The Kier molecular flexibility index (Phi) is 1.78. The predicted octanol–water partition coefficient (Wildman–Crippen LogP) is 0.198. The van der Waals surface area contributed by atoms with Crippen LogP contribution in [0.3, 0.4) is 0 Å². The number of hydrogen-bond donors (Lipinski definition) is 1. The van der Waals surface area contributed by atoms with E-state index in [1.165, 1.54) is 0 Å². The SMILES string of the molecule is Cn1c(C(C)(C)C)cn(N)c1=O. The van der Waals surface area contributed by atoms with Crippen molar-refractivity contribution in [1.29, 1.82) is 0 Å². The molecule has 0 spiro atoms. The third-order valence-corrected chi connectivity index (χ3v) is 1.90. The summed E-state index contributed by atoms with van der Waals surface area (Å²) in [5, 5.41) is 0. The summed E-state index contributed by atoms with van der Waals surface area (Å²) in [5.74, 6) is 5.42. The van der Waals surface area contributed by atoms with Gasteiger partial charge in [0.05, 0.1) is 6.20 Å². The van der Waals surface area contributed by atoms with Crippen LogP contribution in [0.5, 0.6) is 0 Å². The molecular weight excluding hydrogens is 154 g/mol. The Morgan fingerprint density at radius 3 is 2.08 bits per heavy atom. The molecule has 0 bridgehead atoms. The van der Waals surface area contributed by atoms with Crippen molar-refractivity contribution in [2.24, 2.45) is 7.05 Å². The molecule has 1 aromatic rings. The van der Waals surface area contributed by atoms with Gasteiger partial charge in [-0.25, -0.2) is 9.47 Å². The maximum atomic E-state index is 11.2. The molecule has 0 amide bonds. The zero-order chi connectivity index (χ0) is 9.52. The lowest BCUT2D eigenvalue weighted by Crippen LogP contribution is -2.28. The van der Waals surface area contributed by atoms with Crippen LogP contribution in [-0.4, -0.2) is 9.24 Å². The first-order valence-electron chi connectivity index (χ1n) is 3.88. The van der Waals surface area contributed by atoms with E-state index >= 15 is 0 Å². The van der Waals surface area contributed by atoms with Gasteiger partial charge in [0.25, 0.3) is 0 Å². The lowest BCUT2D eigenvalue weighted by atomic mass is 9.93. The molecule has 0 aliphatic rings. The van der Waals surface area contributed by atoms with Gasteiger partial charge >= 0.3 is 5.69 Å². The van der Waals surface area contributed by atoms with E-state index in [1.807, 2.05) is 20.8 Å². The first-order valence-corrected chi connectivity index (χ1v) is 3.88. The first kappa shape index (κ1) is 8.90. The van der Waals surface area contributed by atoms with E-state index < -0.39 is 0 Å². The molecule has 0 unspecified atom stereocenters. The van der Waals surface area contributed by atoms with Crippen molar-refractivity contribution in [3.63, 3.8) is 0 Å². The highest BCUT2D eigenvalue weighted by Gasteiger charge is 2.19. The molecular formula is C8H15N3O. The van der Waals surface area contributed by atoms with Crippen LogP contribution in [0.25, 0.3) is 0 Å². The van der Waals surface area contributed by atoms with E-state index in [-0.39, 0.29) is 11.1 Å². The van der Waals surface area contributed by atoms with E-state index in [0.29, 0.717) is 0 Å². The van der Waals surface area contributed by atoms with Crippen LogP contribution in [0.4, 0.5) is 0 Å². The lowest BCUT2D eigenvalue weighted by molar-refractivity contribution is 0.539. The van der Waals surface area contributed by atoms with Gasteiger partial charge in [-0.1, -0.05) is 20.8 Å². The number of nitrogens with zero attached hydrogens (tertiary/aromatic N) is 2. The molecule has 0 atom stereocenters. The molecule has 0 saturated carbocycles. The Labute approximate surface area is 71.6 Å². The normalized spacial score (nSPS) is 12.0. The summed E-state index contributed by atoms with van der Waals surface area (Å²) in [6.45, 7) is 6.13. The van der Waals surface area contributed by atoms with Gasteiger partial charge in [-0.2, -0.15) is 0 Å². The largest absolute Gasteiger partial charge is 0.346 e. The van der Waals surface area contributed by atoms with Crippen molar-refractivity contribution in [2.45, 2.75) is 26.2 Å². The standard InChI is InChI=1S/C8H15N3O/c1-8(2,3)6-5-11(9)7(12)10(6)4/h5H,9H2,1-4H3. The number of aromatic nitrogens is 2. The monoisotopic (exact) mass is 169 g/mol. The molecule has 0 saturated heterocycles. The molecule has 0 aromatic carbocycles. The van der Waals surface area contributed by atoms with Crippen LogP contribution in [0.1, 0.15) is 26.5 Å². The van der Waals surface area contributed by atoms with Gasteiger partial charge in [0.1, 0.15) is 0 Å². The second-order valence-corrected chi connectivity index (χ2v) is 4.01. The molecule has 2 N–H and O–H groups in total. The Morgan fingerprint density at radius 1 is 1.42 bits per heavy atom. The van der Waals surface area contributed by atoms with Crippen molar-refractivity contribution < 1.29 is 0 Å². The summed E-state index contributed by atoms with van der Waals surface area (Å²) in [4.78, 5) is 11.2. The van der Waals surface area contributed by atoms with Gasteiger partial charge in [-0.15, -0.1) is 0 Å². The summed E-state index contributed by atoms with van der Waals surface area (Å²) in [7, 11) is 1.73. The van der Waals surface area contributed by atoms with Gasteiger partial charge < -0.3 is 5.84 Å². The van der Waals surface area contributed by atoms with E-state index in [1.54, 1.807) is 17.8 Å². The molecule has 68 valence electrons. The lowest BCUT2D eigenvalue weighted by Gasteiger charge is -2.17. The van der Waals surface area contributed by atoms with Gasteiger partial charge in [0.2, 0.25) is 0 Å². The minimum absolute atomic E-state index is 0.0431. The van der Waals surface area contributed by atoms with Gasteiger partial charge in [-0.05, 0) is 0 Å². The number of rotatable bonds is 0. The molecule has 4 nitrogen and oxygen atoms in total. The molecule has 0 radical (unpaired) electrons. The van der Waals surface area contributed by atoms with E-state index in [9.17, 15) is 4.79 Å². The van der Waals surface area contributed by atoms with Crippen LogP contribution in [0, 0.1) is 0 Å². The first-order chi connectivity index (χ1) is 5.34. The van der Waals surface area contributed by atoms with Crippen molar-refractivity contribution in [1.82, 2.24) is 9.24 Å². The summed E-state index contributed by atoms with van der Waals surface area (Å²) in [5.41, 5.74) is 0.716. The predicted molar refractivity (Wildman–Crippen MR) is 48.5 cm³/mol. The summed E-state index contributed by atoms with van der Waals surface area (Å²) < 4.78 is 2.68. The number of hydrogen-bond acceptors (Lipinski definition) is 2. The van der Waals surface area contributed by atoms with E-state index in [0.717, 1.165) is 10.4 Å². The highest BCUT2D eigenvalue weighted by Crippen LogP contribution is 2.19. The zero-order valence-corrected chi connectivity index (χ0v) is 7.96. The molecule has 0 fully saturated rings. The topological polar surface area (TPSA) is 52.9 Å². The van der Waals surface area contributed by atoms with E-state index in [4.69, 9.17) is 5.84 Å². The maximum absolute atomic E-state index is 11.2. The molecule has 1 heterocycles. The minimum atomic E-state index is -0.181. The van der Waals surface area contributed by atoms with Crippen LogP contribution in [-0.2, 0) is 12.5 Å². The van der Waals surface area contributed by atoms with Gasteiger partial charge in [0.15, 0.2) is 0 Å². The Balaban J connectivity index is 3.38. The highest BCUT2D eigenvalue weighted by atomic mass is 16.2. The summed E-state index contributed by atoms with van der Waals surface area (Å²) >= 11 is 0. The highest BCUT2D eigenvalue weighted by molar-refractivity contribution is 5.11. The number of imidazole rings is 1. The molecule has 0 aliphatic carbocycles. The van der Waals surface area contributed by atoms with Gasteiger partial charge in [-0.3, -0.25) is 4.57 Å². The molecule has 4 heteroatoms. The Bertz CT molecular complexity index is 340. The summed E-state index contributed by atoms with van der Waals surface area (Å²) in [6.07, 6.45) is 1.67. The molecule has 12 heavy (non-hydrogen) atoms. The zero-order valence-electron chi connectivity index (χ0n) is 7.96. The van der Waals surface area contributed by atoms with Crippen molar-refractivity contribution >= 4 is 0 Å². The number of nitrogens with two attached hydrogens (primary N) is 1. The second kappa shape index (κ2) is 2.40. The smallest absolute Gasteiger partial charge is 0.335 e. The number of nitrogen functional groups attached to an aromatic ring is 1. The molecule has 1 aromatic heterocycles. The maximum Gasteiger partial charge on any atom is 0.346 e. The quantitative estimate of drug-likeness (QED) is 0.564. The van der Waals surface area contributed by atoms with Crippen molar-refractivity contribution in [3.05, 3.63) is 22.4 Å². The fraction of sp³-hybridized carbons (Fsp3) is 0.625. The second-order valence-electron chi connectivity index (χ2n) is 4.01. The van der Waals surface area contributed by atoms with Crippen LogP contribution in [0.2, 0.25) is 0 Å². The molecule has 0 aliphatic heterocycles. The molecule has 1 rings (SSSR count). The Morgan fingerprint density at radius 2 is 1.92 bits per heavy atom. The van der Waals surface area contributed by atoms with Crippen LogP contribution >= 0.6 is 0 Å². The third-order valence-electron chi connectivity index (χ3n) is 1.90. The fourth-order valence-electron chi connectivity index (χ4n) is 1.25. The fourth-order valence-corrected chi connectivity index (χ4v) is 1.25. The Hall–Kier alpha value is -1.19. The minimum Gasteiger partial charge on any atom is -0.335 e. The van der Waals surface area contributed by atoms with Crippen molar-refractivity contribution in [2.75, 3.05) is 5.84 Å². The van der Waals surface area contributed by atoms with Crippen LogP contribution in [0.15, 0.2) is 11.0 Å². The van der Waals surface area contributed by atoms with Crippen molar-refractivity contribution in [3.8, 4) is 0 Å². The summed E-state index contributed by atoms with van der Waals surface area (Å²) in [6, 6.07) is 0. The van der Waals surface area contributed by atoms with Crippen LogP contribution < -0.4 is 11.5 Å². The van der Waals surface area contributed by atoms with Gasteiger partial charge in [0, 0.05) is 18.2 Å². The average Bonchev–Trinajstić information content (AvgIpc) is 2.15. The third kappa shape index (κ3) is 1.24. The van der Waals surface area contributed by atoms with E-state index in [2.05, 4.69) is 0 Å².